The lowest BCUT2D eigenvalue weighted by Gasteiger charge is -2.23. The zero-order valence-electron chi connectivity index (χ0n) is 15.0. The van der Waals surface area contributed by atoms with E-state index in [2.05, 4.69) is 5.32 Å². The van der Waals surface area contributed by atoms with Crippen molar-refractivity contribution in [2.45, 2.75) is 45.8 Å². The number of hydrogen-bond acceptors (Lipinski definition) is 3. The fraction of sp³-hybridized carbons (Fsp3) is 0.350. The normalized spacial score (nSPS) is 12.6. The molecule has 0 radical (unpaired) electrons. The third-order valence-electron chi connectivity index (χ3n) is 3.98. The van der Waals surface area contributed by atoms with Crippen LogP contribution in [0.3, 0.4) is 0 Å². The fourth-order valence-electron chi connectivity index (χ4n) is 2.51. The Hall–Kier alpha value is -2.04. The van der Waals surface area contributed by atoms with Crippen LogP contribution >= 0.6 is 12.4 Å². The second kappa shape index (κ2) is 9.44. The highest BCUT2D eigenvalue weighted by Gasteiger charge is 2.27. The number of carbonyl (C=O) groups is 1. The van der Waals surface area contributed by atoms with Crippen molar-refractivity contribution in [3.05, 3.63) is 59.7 Å². The molecule has 1 atom stereocenters. The molecule has 1 amide bonds. The average Bonchev–Trinajstić information content (AvgIpc) is 2.56. The van der Waals surface area contributed by atoms with Crippen LogP contribution in [0, 0.1) is 6.92 Å². The van der Waals surface area contributed by atoms with Gasteiger partial charge < -0.3 is 15.8 Å². The van der Waals surface area contributed by atoms with Crippen molar-refractivity contribution in [1.82, 2.24) is 0 Å². The first kappa shape index (κ1) is 21.0. The largest absolute Gasteiger partial charge is 0.489 e. The Morgan fingerprint density at radius 3 is 2.48 bits per heavy atom. The van der Waals surface area contributed by atoms with Crippen LogP contribution in [-0.4, -0.2) is 11.4 Å². The number of anilines is 1. The summed E-state index contributed by atoms with van der Waals surface area (Å²) in [4.78, 5) is 12.3. The Labute approximate surface area is 156 Å². The molecule has 0 aliphatic carbocycles. The molecule has 25 heavy (non-hydrogen) atoms. The number of rotatable bonds is 7. The number of nitrogens with one attached hydrogen (secondary N) is 1. The van der Waals surface area contributed by atoms with Gasteiger partial charge >= 0.3 is 0 Å². The van der Waals surface area contributed by atoms with Crippen LogP contribution in [0.5, 0.6) is 5.75 Å². The first-order valence-corrected chi connectivity index (χ1v) is 8.30. The molecule has 4 nitrogen and oxygen atoms in total. The summed E-state index contributed by atoms with van der Waals surface area (Å²) < 4.78 is 5.80. The van der Waals surface area contributed by atoms with Crippen LogP contribution in [0.15, 0.2) is 48.5 Å². The van der Waals surface area contributed by atoms with Crippen molar-refractivity contribution in [2.24, 2.45) is 5.73 Å². The number of benzene rings is 2. The van der Waals surface area contributed by atoms with Gasteiger partial charge in [-0.2, -0.15) is 0 Å². The Morgan fingerprint density at radius 1 is 1.20 bits per heavy atom. The molecule has 5 heteroatoms. The standard InChI is InChI=1S/C20H26N2O2.ClH/c1-4-12-20(3,21)19(23)22-18-11-10-17(13-15(18)2)24-14-16-8-6-5-7-9-16;/h5-11,13H,4,12,14,21H2,1-3H3,(H,22,23);1H. The zero-order valence-corrected chi connectivity index (χ0v) is 15.9. The zero-order chi connectivity index (χ0) is 17.6. The molecule has 136 valence electrons. The van der Waals surface area contributed by atoms with Gasteiger partial charge in [-0.25, -0.2) is 0 Å². The number of hydrogen-bond donors (Lipinski definition) is 2. The highest BCUT2D eigenvalue weighted by Crippen LogP contribution is 2.23. The van der Waals surface area contributed by atoms with Gasteiger partial charge in [-0.3, -0.25) is 4.79 Å². The van der Waals surface area contributed by atoms with Crippen molar-refractivity contribution in [3.63, 3.8) is 0 Å². The number of amides is 1. The average molecular weight is 363 g/mol. The Morgan fingerprint density at radius 2 is 1.88 bits per heavy atom. The first-order valence-electron chi connectivity index (χ1n) is 8.30. The fourth-order valence-corrected chi connectivity index (χ4v) is 2.51. The molecule has 0 spiro atoms. The number of halogens is 1. The molecule has 0 fully saturated rings. The highest BCUT2D eigenvalue weighted by atomic mass is 35.5. The maximum absolute atomic E-state index is 12.3. The van der Waals surface area contributed by atoms with Gasteiger partial charge in [-0.1, -0.05) is 43.7 Å². The maximum atomic E-state index is 12.3. The minimum atomic E-state index is -0.857. The predicted octanol–water partition coefficient (Wildman–Crippen LogP) is 4.45. The van der Waals surface area contributed by atoms with Crippen molar-refractivity contribution < 1.29 is 9.53 Å². The summed E-state index contributed by atoms with van der Waals surface area (Å²) >= 11 is 0. The molecule has 0 heterocycles. The van der Waals surface area contributed by atoms with Gasteiger partial charge in [0.1, 0.15) is 12.4 Å². The van der Waals surface area contributed by atoms with E-state index in [9.17, 15) is 4.79 Å². The van der Waals surface area contributed by atoms with Crippen LogP contribution in [0.2, 0.25) is 0 Å². The van der Waals surface area contributed by atoms with E-state index in [1.807, 2.05) is 62.4 Å². The Balaban J connectivity index is 0.00000312. The third kappa shape index (κ3) is 6.07. The van der Waals surface area contributed by atoms with Gasteiger partial charge in [0.05, 0.1) is 5.54 Å². The van der Waals surface area contributed by atoms with Crippen LogP contribution in [-0.2, 0) is 11.4 Å². The van der Waals surface area contributed by atoms with Crippen molar-refractivity contribution in [2.75, 3.05) is 5.32 Å². The lowest BCUT2D eigenvalue weighted by atomic mass is 9.96. The summed E-state index contributed by atoms with van der Waals surface area (Å²) in [6.45, 7) is 6.24. The van der Waals surface area contributed by atoms with Crippen LogP contribution in [0.25, 0.3) is 0 Å². The number of ether oxygens (including phenoxy) is 1. The van der Waals surface area contributed by atoms with Crippen LogP contribution in [0.4, 0.5) is 5.69 Å². The molecule has 0 aromatic heterocycles. The van der Waals surface area contributed by atoms with E-state index in [1.54, 1.807) is 6.92 Å². The topological polar surface area (TPSA) is 64.4 Å². The Kier molecular flexibility index (Phi) is 7.94. The molecule has 0 saturated heterocycles. The molecule has 1 unspecified atom stereocenters. The van der Waals surface area contributed by atoms with Gasteiger partial charge in [-0.15, -0.1) is 12.4 Å². The van der Waals surface area contributed by atoms with Crippen LogP contribution < -0.4 is 15.8 Å². The summed E-state index contributed by atoms with van der Waals surface area (Å²) in [6.07, 6.45) is 1.52. The van der Waals surface area contributed by atoms with E-state index in [1.165, 1.54) is 0 Å². The summed E-state index contributed by atoms with van der Waals surface area (Å²) in [7, 11) is 0. The van der Waals surface area contributed by atoms with E-state index in [-0.39, 0.29) is 18.3 Å². The van der Waals surface area contributed by atoms with Crippen LogP contribution in [0.1, 0.15) is 37.8 Å². The number of aryl methyl sites for hydroxylation is 1. The quantitative estimate of drug-likeness (QED) is 0.764. The molecule has 3 N–H and O–H groups in total. The molecule has 0 saturated carbocycles. The summed E-state index contributed by atoms with van der Waals surface area (Å²) in [5.41, 5.74) is 8.04. The van der Waals surface area contributed by atoms with Gasteiger partial charge in [-0.05, 0) is 49.6 Å². The molecule has 2 aromatic rings. The van der Waals surface area contributed by atoms with Gasteiger partial charge in [0, 0.05) is 5.69 Å². The maximum Gasteiger partial charge on any atom is 0.244 e. The minimum absolute atomic E-state index is 0. The smallest absolute Gasteiger partial charge is 0.244 e. The lowest BCUT2D eigenvalue weighted by molar-refractivity contribution is -0.120. The van der Waals surface area contributed by atoms with Crippen molar-refractivity contribution >= 4 is 24.0 Å². The molecule has 2 rings (SSSR count). The summed E-state index contributed by atoms with van der Waals surface area (Å²) in [6, 6.07) is 15.6. The lowest BCUT2D eigenvalue weighted by Crippen LogP contribution is -2.48. The van der Waals surface area contributed by atoms with Crippen molar-refractivity contribution in [3.8, 4) is 5.75 Å². The Bertz CT molecular complexity index is 687. The second-order valence-corrected chi connectivity index (χ2v) is 6.37. The number of nitrogens with two attached hydrogens (primary N) is 1. The van der Waals surface area contributed by atoms with E-state index in [0.29, 0.717) is 13.0 Å². The van der Waals surface area contributed by atoms with Gasteiger partial charge in [0.2, 0.25) is 5.91 Å². The van der Waals surface area contributed by atoms with Crippen molar-refractivity contribution in [1.29, 1.82) is 0 Å². The molecule has 2 aromatic carbocycles. The third-order valence-corrected chi connectivity index (χ3v) is 3.98. The van der Waals surface area contributed by atoms with E-state index in [4.69, 9.17) is 10.5 Å². The monoisotopic (exact) mass is 362 g/mol. The highest BCUT2D eigenvalue weighted by molar-refractivity contribution is 5.98. The molecule has 0 bridgehead atoms. The SMILES string of the molecule is CCCC(C)(N)C(=O)Nc1ccc(OCc2ccccc2)cc1C.Cl. The van der Waals surface area contributed by atoms with E-state index < -0.39 is 5.54 Å². The molecule has 0 aliphatic heterocycles. The summed E-state index contributed by atoms with van der Waals surface area (Å²) in [5.74, 6) is 0.615. The predicted molar refractivity (Wildman–Crippen MR) is 105 cm³/mol. The molecular formula is C20H27ClN2O2. The molecular weight excluding hydrogens is 336 g/mol. The van der Waals surface area contributed by atoms with Gasteiger partial charge in [0.25, 0.3) is 0 Å². The second-order valence-electron chi connectivity index (χ2n) is 6.37. The van der Waals surface area contributed by atoms with E-state index >= 15 is 0 Å². The number of carbonyl (C=O) groups excluding carboxylic acids is 1. The molecule has 0 aliphatic rings. The summed E-state index contributed by atoms with van der Waals surface area (Å²) in [5, 5.41) is 2.92. The van der Waals surface area contributed by atoms with Gasteiger partial charge in [0.15, 0.2) is 0 Å². The van der Waals surface area contributed by atoms with E-state index in [0.717, 1.165) is 29.0 Å². The minimum Gasteiger partial charge on any atom is -0.489 e. The first-order chi connectivity index (χ1) is 11.4.